The molecule has 3 atom stereocenters. The maximum Gasteiger partial charge on any atom is 0.245 e. The monoisotopic (exact) mass is 622 g/mol. The zero-order valence-corrected chi connectivity index (χ0v) is 26.0. The van der Waals surface area contributed by atoms with E-state index in [9.17, 15) is 9.18 Å². The van der Waals surface area contributed by atoms with Gasteiger partial charge in [-0.2, -0.15) is 5.10 Å². The van der Waals surface area contributed by atoms with Gasteiger partial charge in [-0.05, 0) is 56.7 Å². The summed E-state index contributed by atoms with van der Waals surface area (Å²) < 4.78 is 25.0. The van der Waals surface area contributed by atoms with Gasteiger partial charge in [-0.1, -0.05) is 6.07 Å². The molecule has 2 aliphatic heterocycles. The largest absolute Gasteiger partial charge is 0.378 e. The molecule has 3 aliphatic carbocycles. The highest BCUT2D eigenvalue weighted by molar-refractivity contribution is 5.93. The number of amides is 1. The summed E-state index contributed by atoms with van der Waals surface area (Å²) in [5.41, 5.74) is 3.54. The van der Waals surface area contributed by atoms with Crippen LogP contribution >= 0.6 is 0 Å². The number of carbonyl (C=O) groups excluding carboxylic acids is 1. The molecule has 4 fully saturated rings. The second-order valence-electron chi connectivity index (χ2n) is 13.5. The first kappa shape index (κ1) is 27.6. The average Bonchev–Trinajstić information content (AvgIpc) is 3.69. The molecule has 46 heavy (non-hydrogen) atoms. The van der Waals surface area contributed by atoms with Crippen molar-refractivity contribution in [3.8, 4) is 11.3 Å². The van der Waals surface area contributed by atoms with E-state index in [-0.39, 0.29) is 29.4 Å². The Balaban J connectivity index is 1.14. The number of rotatable bonds is 3. The number of pyridine rings is 1. The van der Waals surface area contributed by atoms with Gasteiger partial charge in [0.15, 0.2) is 5.65 Å². The van der Waals surface area contributed by atoms with E-state index < -0.39 is 6.04 Å². The van der Waals surface area contributed by atoms with Crippen LogP contribution in [0.3, 0.4) is 0 Å². The number of anilines is 2. The minimum Gasteiger partial charge on any atom is -0.378 e. The molecule has 5 aromatic rings. The third kappa shape index (κ3) is 4.06. The Bertz CT molecular complexity index is 2020. The van der Waals surface area contributed by atoms with E-state index in [1.165, 1.54) is 12.1 Å². The van der Waals surface area contributed by atoms with Gasteiger partial charge >= 0.3 is 0 Å². The Labute approximate surface area is 264 Å². The molecule has 1 N–H and O–H groups in total. The smallest absolute Gasteiger partial charge is 0.245 e. The molecule has 13 heteroatoms. The molecule has 0 spiro atoms. The van der Waals surface area contributed by atoms with Crippen molar-refractivity contribution in [3.05, 3.63) is 54.5 Å². The first-order valence-corrected chi connectivity index (χ1v) is 15.9. The van der Waals surface area contributed by atoms with E-state index >= 15 is 0 Å². The highest BCUT2D eigenvalue weighted by Gasteiger charge is 2.59. The lowest BCUT2D eigenvalue weighted by atomic mass is 9.50. The van der Waals surface area contributed by atoms with Gasteiger partial charge in [0.25, 0.3) is 0 Å². The SMILES string of the molecule is CO[C@H]1CN(C)C(=O)[C@@H]2C[C@@H](CN2c2ncnc3c2cnn3C23CC(C2)C3)Nc2cccc(n2)-c2cc(F)cc3nc(C)n(c23)C1. The number of hydrogen-bond donors (Lipinski definition) is 1. The van der Waals surface area contributed by atoms with Crippen molar-refractivity contribution in [2.24, 2.45) is 5.92 Å². The molecule has 6 bridgehead atoms. The number of aromatic nitrogens is 7. The molecular formula is C33H35FN10O2. The minimum atomic E-state index is -0.474. The first-order chi connectivity index (χ1) is 22.3. The number of hydrogen-bond acceptors (Lipinski definition) is 9. The van der Waals surface area contributed by atoms with E-state index in [1.54, 1.807) is 18.3 Å². The van der Waals surface area contributed by atoms with Crippen LogP contribution < -0.4 is 10.2 Å². The second-order valence-corrected chi connectivity index (χ2v) is 13.5. The number of imidazole rings is 1. The summed E-state index contributed by atoms with van der Waals surface area (Å²) in [5.74, 6) is 2.51. The van der Waals surface area contributed by atoms with Gasteiger partial charge in [0.1, 0.15) is 35.6 Å². The van der Waals surface area contributed by atoms with Crippen molar-refractivity contribution < 1.29 is 13.9 Å². The number of benzene rings is 1. The molecule has 4 aromatic heterocycles. The Morgan fingerprint density at radius 3 is 2.72 bits per heavy atom. The molecule has 0 unspecified atom stereocenters. The molecule has 1 saturated heterocycles. The van der Waals surface area contributed by atoms with Crippen LogP contribution in [0.25, 0.3) is 33.3 Å². The lowest BCUT2D eigenvalue weighted by Crippen LogP contribution is -2.59. The van der Waals surface area contributed by atoms with Gasteiger partial charge in [0, 0.05) is 44.9 Å². The number of nitrogens with zero attached hydrogens (tertiary/aromatic N) is 9. The van der Waals surface area contributed by atoms with Gasteiger partial charge in [-0.15, -0.1) is 0 Å². The number of ether oxygens (including phenoxy) is 1. The predicted molar refractivity (Wildman–Crippen MR) is 170 cm³/mol. The number of methoxy groups -OCH3 is 1. The molecule has 1 amide bonds. The lowest BCUT2D eigenvalue weighted by Gasteiger charge is -2.61. The maximum absolute atomic E-state index is 14.9. The highest BCUT2D eigenvalue weighted by Crippen LogP contribution is 2.62. The molecular weight excluding hydrogens is 587 g/mol. The molecule has 236 valence electrons. The number of fused-ring (bicyclic) bond motifs is 6. The Hall–Kier alpha value is -4.65. The van der Waals surface area contributed by atoms with Crippen LogP contribution in [0.15, 0.2) is 42.9 Å². The Morgan fingerprint density at radius 1 is 1.09 bits per heavy atom. The summed E-state index contributed by atoms with van der Waals surface area (Å²) in [6.07, 6.45) is 7.12. The van der Waals surface area contributed by atoms with Gasteiger partial charge in [0.2, 0.25) is 5.91 Å². The number of likely N-dealkylation sites (N-methyl/N-ethyl adjacent to an activating group) is 1. The van der Waals surface area contributed by atoms with E-state index in [2.05, 4.69) is 24.9 Å². The van der Waals surface area contributed by atoms with Crippen LogP contribution in [0.2, 0.25) is 0 Å². The van der Waals surface area contributed by atoms with Crippen molar-refractivity contribution in [2.75, 3.05) is 37.5 Å². The number of halogens is 1. The van der Waals surface area contributed by atoms with Crippen LogP contribution in [0.5, 0.6) is 0 Å². The molecule has 3 saturated carbocycles. The number of carbonyl (C=O) groups is 1. The molecule has 10 rings (SSSR count). The van der Waals surface area contributed by atoms with Gasteiger partial charge < -0.3 is 24.4 Å². The third-order valence-electron chi connectivity index (χ3n) is 10.6. The summed E-state index contributed by atoms with van der Waals surface area (Å²) in [7, 11) is 3.48. The minimum absolute atomic E-state index is 0.0171. The van der Waals surface area contributed by atoms with E-state index in [0.717, 1.165) is 47.6 Å². The van der Waals surface area contributed by atoms with E-state index in [0.29, 0.717) is 54.5 Å². The highest BCUT2D eigenvalue weighted by atomic mass is 19.1. The first-order valence-electron chi connectivity index (χ1n) is 15.9. The van der Waals surface area contributed by atoms with Gasteiger partial charge in [0.05, 0.1) is 46.5 Å². The topological polar surface area (TPSA) is 119 Å². The van der Waals surface area contributed by atoms with Crippen molar-refractivity contribution in [1.29, 1.82) is 0 Å². The molecule has 1 aromatic carbocycles. The molecule has 12 nitrogen and oxygen atoms in total. The van der Waals surface area contributed by atoms with Crippen molar-refractivity contribution >= 4 is 39.6 Å². The maximum atomic E-state index is 14.9. The zero-order chi connectivity index (χ0) is 31.3. The van der Waals surface area contributed by atoms with Gasteiger partial charge in [-0.3, -0.25) is 4.79 Å². The number of nitrogens with one attached hydrogen (secondary N) is 1. The molecule has 0 radical (unpaired) electrons. The normalized spacial score (nSPS) is 27.3. The quantitative estimate of drug-likeness (QED) is 0.321. The summed E-state index contributed by atoms with van der Waals surface area (Å²) in [6.45, 7) is 3.22. The van der Waals surface area contributed by atoms with Crippen LogP contribution in [0.1, 0.15) is 31.5 Å². The summed E-state index contributed by atoms with van der Waals surface area (Å²) in [4.78, 5) is 37.2. The van der Waals surface area contributed by atoms with Crippen LogP contribution in [0.4, 0.5) is 16.0 Å². The third-order valence-corrected chi connectivity index (χ3v) is 10.6. The van der Waals surface area contributed by atoms with E-state index in [1.807, 2.05) is 42.9 Å². The standard InChI is InChI=1S/C33H35FN10O2/c1-18-38-26-8-20(34)7-23-25-5-4-6-28(40-25)39-21-9-27(32(45)41(2)15-22(46-3)16-42(18)29(23)26)43(14-21)30-24-13-37-44(31(24)36-17-35-30)33-10-19(11-33)12-33/h4-8,13,17,19,21-22,27H,9-12,14-16H2,1-3H3,(H,39,40)/t19?,21-,22-,27-,33?/m0/s1. The Morgan fingerprint density at radius 2 is 1.93 bits per heavy atom. The Kier molecular flexibility index (Phi) is 5.96. The second kappa shape index (κ2) is 9.92. The fourth-order valence-corrected chi connectivity index (χ4v) is 8.21. The van der Waals surface area contributed by atoms with Gasteiger partial charge in [-0.25, -0.2) is 29.0 Å². The number of aryl methyl sites for hydroxylation is 1. The average molecular weight is 623 g/mol. The van der Waals surface area contributed by atoms with Crippen molar-refractivity contribution in [3.63, 3.8) is 0 Å². The van der Waals surface area contributed by atoms with Crippen LogP contribution in [-0.2, 0) is 21.6 Å². The fraction of sp³-hybridized carbons (Fsp3) is 0.455. The van der Waals surface area contributed by atoms with Crippen molar-refractivity contribution in [2.45, 2.75) is 62.9 Å². The summed E-state index contributed by atoms with van der Waals surface area (Å²) >= 11 is 0. The zero-order valence-electron chi connectivity index (χ0n) is 26.0. The predicted octanol–water partition coefficient (Wildman–Crippen LogP) is 3.74. The molecule has 5 aliphatic rings. The van der Waals surface area contributed by atoms with E-state index in [4.69, 9.17) is 19.8 Å². The van der Waals surface area contributed by atoms with Crippen molar-refractivity contribution in [1.82, 2.24) is 39.2 Å². The van der Waals surface area contributed by atoms with Crippen LogP contribution in [-0.4, -0.2) is 90.5 Å². The fourth-order valence-electron chi connectivity index (χ4n) is 8.21. The lowest BCUT2D eigenvalue weighted by molar-refractivity contribution is -0.132. The summed E-state index contributed by atoms with van der Waals surface area (Å²) in [5, 5.41) is 9.24. The summed E-state index contributed by atoms with van der Waals surface area (Å²) in [6, 6.07) is 8.10. The molecule has 6 heterocycles. The van der Waals surface area contributed by atoms with Crippen LogP contribution in [0, 0.1) is 18.7 Å².